The van der Waals surface area contributed by atoms with Crippen LogP contribution in [0.4, 0.5) is 0 Å². The molecule has 0 aliphatic carbocycles. The first-order valence-electron chi connectivity index (χ1n) is 15.3. The van der Waals surface area contributed by atoms with E-state index in [9.17, 15) is 9.59 Å². The van der Waals surface area contributed by atoms with Crippen LogP contribution in [0, 0.1) is 13.8 Å². The van der Waals surface area contributed by atoms with Crippen molar-refractivity contribution in [1.82, 2.24) is 0 Å². The molecule has 0 radical (unpaired) electrons. The van der Waals surface area contributed by atoms with Gasteiger partial charge in [-0.3, -0.25) is 0 Å². The van der Waals surface area contributed by atoms with Crippen molar-refractivity contribution in [1.29, 1.82) is 0 Å². The van der Waals surface area contributed by atoms with Crippen molar-refractivity contribution in [3.63, 3.8) is 0 Å². The molecule has 0 aliphatic rings. The zero-order valence-electron chi connectivity index (χ0n) is 26.8. The summed E-state index contributed by atoms with van der Waals surface area (Å²) in [7, 11) is 0. The summed E-state index contributed by atoms with van der Waals surface area (Å²) in [6, 6.07) is 27.5. The van der Waals surface area contributed by atoms with E-state index in [-0.39, 0.29) is 23.4 Å². The number of ether oxygens (including phenoxy) is 2. The topological polar surface area (TPSA) is 52.6 Å². The monoisotopic (exact) mass is 576 g/mol. The average molecular weight is 577 g/mol. The first kappa shape index (κ1) is 31.7. The second-order valence-corrected chi connectivity index (χ2v) is 12.1. The average Bonchev–Trinajstić information content (AvgIpc) is 3.01. The third kappa shape index (κ3) is 7.25. The van der Waals surface area contributed by atoms with Crippen LogP contribution in [0.5, 0.6) is 5.75 Å². The minimum atomic E-state index is -0.400. The highest BCUT2D eigenvalue weighted by Crippen LogP contribution is 2.36. The Hall–Kier alpha value is -4.18. The third-order valence-electron chi connectivity index (χ3n) is 8.78. The van der Waals surface area contributed by atoms with Crippen LogP contribution in [0.15, 0.2) is 84.9 Å². The molecule has 4 nitrogen and oxygen atoms in total. The molecule has 1 unspecified atom stereocenters. The fraction of sp³-hybridized carbons (Fsp3) is 0.333. The zero-order chi connectivity index (χ0) is 31.3. The number of aryl methyl sites for hydroxylation is 2. The van der Waals surface area contributed by atoms with E-state index in [2.05, 4.69) is 65.0 Å². The Morgan fingerprint density at radius 2 is 1.16 bits per heavy atom. The van der Waals surface area contributed by atoms with Gasteiger partial charge in [0.2, 0.25) is 0 Å². The molecule has 0 N–H and O–H groups in total. The number of carbonyl (C=O) groups excluding carboxylic acids is 2. The molecule has 4 heteroatoms. The number of hydrogen-bond acceptors (Lipinski definition) is 4. The minimum Gasteiger partial charge on any atom is -0.459 e. The summed E-state index contributed by atoms with van der Waals surface area (Å²) in [6.45, 7) is 17.0. The molecule has 0 heterocycles. The second kappa shape index (κ2) is 13.4. The highest BCUT2D eigenvalue weighted by Gasteiger charge is 2.24. The van der Waals surface area contributed by atoms with Gasteiger partial charge in [0.25, 0.3) is 0 Å². The van der Waals surface area contributed by atoms with Crippen LogP contribution in [0.2, 0.25) is 0 Å². The summed E-state index contributed by atoms with van der Waals surface area (Å²) >= 11 is 0. The van der Waals surface area contributed by atoms with Crippen LogP contribution < -0.4 is 4.74 Å². The summed E-state index contributed by atoms with van der Waals surface area (Å²) < 4.78 is 11.1. The quantitative estimate of drug-likeness (QED) is 0.139. The molecule has 1 atom stereocenters. The third-order valence-corrected chi connectivity index (χ3v) is 8.78. The van der Waals surface area contributed by atoms with Crippen LogP contribution in [-0.4, -0.2) is 18.0 Å². The lowest BCUT2D eigenvalue weighted by molar-refractivity contribution is 0.0377. The van der Waals surface area contributed by atoms with Crippen LogP contribution in [0.3, 0.4) is 0 Å². The SMILES string of the molecule is CCC(C)(CC)c1ccc(C(C)c2ccc(OC(=O)c3ccc(-c4ccc(C(=O)OC(C)C)cc4)cc3)c(C)c2)cc1C. The lowest BCUT2D eigenvalue weighted by atomic mass is 9.75. The summed E-state index contributed by atoms with van der Waals surface area (Å²) in [6.07, 6.45) is 2.07. The molecular weight excluding hydrogens is 532 g/mol. The zero-order valence-corrected chi connectivity index (χ0v) is 26.8. The van der Waals surface area contributed by atoms with Crippen molar-refractivity contribution in [3.05, 3.63) is 124 Å². The lowest BCUT2D eigenvalue weighted by Crippen LogP contribution is -2.21. The van der Waals surface area contributed by atoms with Crippen LogP contribution in [-0.2, 0) is 10.2 Å². The molecule has 43 heavy (non-hydrogen) atoms. The number of hydrogen-bond donors (Lipinski definition) is 0. The van der Waals surface area contributed by atoms with Crippen molar-refractivity contribution < 1.29 is 19.1 Å². The molecule has 0 saturated heterocycles. The Balaban J connectivity index is 1.43. The van der Waals surface area contributed by atoms with Gasteiger partial charge in [0, 0.05) is 5.92 Å². The molecule has 4 rings (SSSR count). The predicted molar refractivity (Wildman–Crippen MR) is 175 cm³/mol. The molecule has 4 aromatic carbocycles. The maximum absolute atomic E-state index is 13.0. The van der Waals surface area contributed by atoms with Gasteiger partial charge in [0.15, 0.2) is 0 Å². The van der Waals surface area contributed by atoms with Gasteiger partial charge >= 0.3 is 11.9 Å². The Bertz CT molecular complexity index is 1580. The maximum atomic E-state index is 13.0. The van der Waals surface area contributed by atoms with E-state index < -0.39 is 5.97 Å². The Morgan fingerprint density at radius 1 is 0.674 bits per heavy atom. The highest BCUT2D eigenvalue weighted by atomic mass is 16.5. The van der Waals surface area contributed by atoms with E-state index >= 15 is 0 Å². The number of carbonyl (C=O) groups is 2. The molecule has 0 aromatic heterocycles. The van der Waals surface area contributed by atoms with E-state index in [0.717, 1.165) is 29.5 Å². The van der Waals surface area contributed by atoms with E-state index in [0.29, 0.717) is 16.9 Å². The minimum absolute atomic E-state index is 0.167. The standard InChI is InChI=1S/C39H44O4/c1-9-39(8,10-2)35-21-19-33(23-26(35)5)28(7)34-20-22-36(27(6)24-34)43-38(41)32-17-13-30(14-18-32)29-11-15-31(16-12-29)37(40)42-25(3)4/h11-25,28H,9-10H2,1-8H3. The van der Waals surface area contributed by atoms with Crippen LogP contribution in [0.1, 0.15) is 109 Å². The van der Waals surface area contributed by atoms with Crippen molar-refractivity contribution in [2.75, 3.05) is 0 Å². The highest BCUT2D eigenvalue weighted by molar-refractivity contribution is 5.92. The first-order valence-corrected chi connectivity index (χ1v) is 15.3. The lowest BCUT2D eigenvalue weighted by Gasteiger charge is -2.30. The van der Waals surface area contributed by atoms with Crippen molar-refractivity contribution in [2.24, 2.45) is 0 Å². The van der Waals surface area contributed by atoms with E-state index in [1.54, 1.807) is 24.3 Å². The molecule has 4 aromatic rings. The molecule has 0 bridgehead atoms. The van der Waals surface area contributed by atoms with Crippen LogP contribution >= 0.6 is 0 Å². The van der Waals surface area contributed by atoms with Gasteiger partial charge in [-0.2, -0.15) is 0 Å². The van der Waals surface area contributed by atoms with Crippen LogP contribution in [0.25, 0.3) is 11.1 Å². The molecule has 0 saturated carbocycles. The largest absolute Gasteiger partial charge is 0.459 e. The van der Waals surface area contributed by atoms with Crippen molar-refractivity contribution in [3.8, 4) is 16.9 Å². The molecular formula is C39H44O4. The molecule has 0 fully saturated rings. The van der Waals surface area contributed by atoms with Crippen molar-refractivity contribution >= 4 is 11.9 Å². The summed E-state index contributed by atoms with van der Waals surface area (Å²) in [4.78, 5) is 25.1. The summed E-state index contributed by atoms with van der Waals surface area (Å²) in [5.41, 5.74) is 9.22. The number of rotatable bonds is 10. The maximum Gasteiger partial charge on any atom is 0.343 e. The number of benzene rings is 4. The summed E-state index contributed by atoms with van der Waals surface area (Å²) in [5, 5.41) is 0. The Morgan fingerprint density at radius 3 is 1.63 bits per heavy atom. The molecule has 0 spiro atoms. The smallest absolute Gasteiger partial charge is 0.343 e. The normalized spacial score (nSPS) is 12.2. The fourth-order valence-corrected chi connectivity index (χ4v) is 5.55. The Kier molecular flexibility index (Phi) is 9.91. The molecule has 0 amide bonds. The summed E-state index contributed by atoms with van der Waals surface area (Å²) in [5.74, 6) is 0.0340. The fourth-order valence-electron chi connectivity index (χ4n) is 5.55. The van der Waals surface area contributed by atoms with Gasteiger partial charge in [-0.25, -0.2) is 9.59 Å². The van der Waals surface area contributed by atoms with Gasteiger partial charge in [-0.05, 0) is 115 Å². The molecule has 224 valence electrons. The van der Waals surface area contributed by atoms with Crippen molar-refractivity contribution in [2.45, 2.75) is 85.7 Å². The molecule has 0 aliphatic heterocycles. The van der Waals surface area contributed by atoms with E-state index in [1.165, 1.54) is 22.3 Å². The van der Waals surface area contributed by atoms with E-state index in [1.807, 2.05) is 51.1 Å². The van der Waals surface area contributed by atoms with Gasteiger partial charge in [0.05, 0.1) is 17.2 Å². The first-order chi connectivity index (χ1) is 20.4. The van der Waals surface area contributed by atoms with Gasteiger partial charge in [-0.1, -0.05) is 82.3 Å². The predicted octanol–water partition coefficient (Wildman–Crippen LogP) is 9.98. The second-order valence-electron chi connectivity index (χ2n) is 12.1. The Labute approximate surface area is 257 Å². The van der Waals surface area contributed by atoms with E-state index in [4.69, 9.17) is 9.47 Å². The van der Waals surface area contributed by atoms with Gasteiger partial charge < -0.3 is 9.47 Å². The van der Waals surface area contributed by atoms with Gasteiger partial charge in [0.1, 0.15) is 5.75 Å². The number of esters is 2. The van der Waals surface area contributed by atoms with Gasteiger partial charge in [-0.15, -0.1) is 0 Å².